The van der Waals surface area contributed by atoms with Crippen LogP contribution in [0, 0.1) is 6.92 Å². The molecule has 0 aliphatic rings. The van der Waals surface area contributed by atoms with Crippen LogP contribution >= 0.6 is 12.4 Å². The molecule has 0 spiro atoms. The van der Waals surface area contributed by atoms with Crippen molar-refractivity contribution >= 4 is 24.0 Å². The monoisotopic (exact) mass is 272 g/mol. The van der Waals surface area contributed by atoms with Crippen molar-refractivity contribution in [2.45, 2.75) is 26.3 Å². The second-order valence-electron chi connectivity index (χ2n) is 4.11. The minimum Gasteiger partial charge on any atom is -0.399 e. The first-order valence-electron chi connectivity index (χ1n) is 5.74. The molecule has 0 fully saturated rings. The van der Waals surface area contributed by atoms with Gasteiger partial charge < -0.3 is 15.8 Å². The van der Waals surface area contributed by atoms with Gasteiger partial charge in [0.1, 0.15) is 0 Å². The van der Waals surface area contributed by atoms with Crippen LogP contribution < -0.4 is 11.1 Å². The summed E-state index contributed by atoms with van der Waals surface area (Å²) in [6, 6.07) is 5.37. The number of nitrogen functional groups attached to an aromatic ring is 1. The zero-order valence-corrected chi connectivity index (χ0v) is 11.8. The highest BCUT2D eigenvalue weighted by atomic mass is 35.5. The molecule has 1 amide bonds. The van der Waals surface area contributed by atoms with Gasteiger partial charge >= 0.3 is 0 Å². The smallest absolute Gasteiger partial charge is 0.251 e. The van der Waals surface area contributed by atoms with Crippen molar-refractivity contribution in [2.24, 2.45) is 0 Å². The van der Waals surface area contributed by atoms with Gasteiger partial charge in [0.2, 0.25) is 0 Å². The molecule has 18 heavy (non-hydrogen) atoms. The highest BCUT2D eigenvalue weighted by Crippen LogP contribution is 2.12. The average Bonchev–Trinajstić information content (AvgIpc) is 2.31. The highest BCUT2D eigenvalue weighted by Gasteiger charge is 2.13. The predicted molar refractivity (Wildman–Crippen MR) is 76.3 cm³/mol. The SMILES string of the molecule is CCC(COC)NC(=O)c1cc(N)ccc1C.Cl. The van der Waals surface area contributed by atoms with E-state index in [-0.39, 0.29) is 24.4 Å². The second kappa shape index (κ2) is 7.95. The van der Waals surface area contributed by atoms with Crippen LogP contribution in [0.1, 0.15) is 29.3 Å². The Labute approximate surface area is 114 Å². The van der Waals surface area contributed by atoms with Crippen molar-refractivity contribution in [1.29, 1.82) is 0 Å². The Bertz CT molecular complexity index is 397. The van der Waals surface area contributed by atoms with Crippen LogP contribution in [0.4, 0.5) is 5.69 Å². The summed E-state index contributed by atoms with van der Waals surface area (Å²) in [5.74, 6) is -0.0984. The average molecular weight is 273 g/mol. The molecule has 102 valence electrons. The van der Waals surface area contributed by atoms with Gasteiger partial charge in [-0.2, -0.15) is 0 Å². The summed E-state index contributed by atoms with van der Waals surface area (Å²) in [6.45, 7) is 4.42. The summed E-state index contributed by atoms with van der Waals surface area (Å²) in [7, 11) is 1.63. The first-order valence-corrected chi connectivity index (χ1v) is 5.74. The van der Waals surface area contributed by atoms with Crippen molar-refractivity contribution in [3.63, 3.8) is 0 Å². The number of ether oxygens (including phenoxy) is 1. The zero-order valence-electron chi connectivity index (χ0n) is 11.0. The van der Waals surface area contributed by atoms with Crippen molar-refractivity contribution in [1.82, 2.24) is 5.32 Å². The third-order valence-corrected chi connectivity index (χ3v) is 2.70. The number of nitrogens with one attached hydrogen (secondary N) is 1. The van der Waals surface area contributed by atoms with Gasteiger partial charge in [-0.25, -0.2) is 0 Å². The second-order valence-corrected chi connectivity index (χ2v) is 4.11. The molecule has 1 aromatic rings. The first kappa shape index (κ1) is 16.7. The lowest BCUT2D eigenvalue weighted by atomic mass is 10.1. The Kier molecular flexibility index (Phi) is 7.39. The molecule has 1 aromatic carbocycles. The molecule has 4 nitrogen and oxygen atoms in total. The van der Waals surface area contributed by atoms with E-state index in [9.17, 15) is 4.79 Å². The lowest BCUT2D eigenvalue weighted by Gasteiger charge is -2.16. The van der Waals surface area contributed by atoms with Crippen LogP contribution in [-0.2, 0) is 4.74 Å². The maximum atomic E-state index is 12.0. The molecule has 0 heterocycles. The summed E-state index contributed by atoms with van der Waals surface area (Å²) >= 11 is 0. The van der Waals surface area contributed by atoms with Gasteiger partial charge in [0.15, 0.2) is 0 Å². The van der Waals surface area contributed by atoms with Crippen LogP contribution in [0.2, 0.25) is 0 Å². The largest absolute Gasteiger partial charge is 0.399 e. The minimum atomic E-state index is -0.0984. The molecule has 5 heteroatoms. The molecule has 0 bridgehead atoms. The molecule has 3 N–H and O–H groups in total. The quantitative estimate of drug-likeness (QED) is 0.808. The maximum Gasteiger partial charge on any atom is 0.251 e. The number of amides is 1. The van der Waals surface area contributed by atoms with Gasteiger partial charge in [-0.15, -0.1) is 12.4 Å². The van der Waals surface area contributed by atoms with E-state index in [0.29, 0.717) is 17.9 Å². The van der Waals surface area contributed by atoms with E-state index in [1.807, 2.05) is 19.9 Å². The summed E-state index contributed by atoms with van der Waals surface area (Å²) in [5, 5.41) is 2.93. The van der Waals surface area contributed by atoms with Crippen LogP contribution in [0.15, 0.2) is 18.2 Å². The van der Waals surface area contributed by atoms with E-state index in [2.05, 4.69) is 5.32 Å². The van der Waals surface area contributed by atoms with E-state index < -0.39 is 0 Å². The third-order valence-electron chi connectivity index (χ3n) is 2.70. The number of rotatable bonds is 5. The Morgan fingerprint density at radius 2 is 2.17 bits per heavy atom. The van der Waals surface area contributed by atoms with Gasteiger partial charge in [-0.1, -0.05) is 13.0 Å². The van der Waals surface area contributed by atoms with E-state index in [1.54, 1.807) is 19.2 Å². The van der Waals surface area contributed by atoms with Crippen molar-refractivity contribution in [2.75, 3.05) is 19.5 Å². The topological polar surface area (TPSA) is 64.3 Å². The number of hydrogen-bond donors (Lipinski definition) is 2. The van der Waals surface area contributed by atoms with Gasteiger partial charge in [0.25, 0.3) is 5.91 Å². The number of aryl methyl sites for hydroxylation is 1. The fraction of sp³-hybridized carbons (Fsp3) is 0.462. The molecular formula is C13H21ClN2O2. The van der Waals surface area contributed by atoms with Gasteiger partial charge in [0, 0.05) is 18.4 Å². The Balaban J connectivity index is 0.00000289. The number of methoxy groups -OCH3 is 1. The van der Waals surface area contributed by atoms with E-state index in [0.717, 1.165) is 12.0 Å². The molecule has 0 radical (unpaired) electrons. The maximum absolute atomic E-state index is 12.0. The zero-order chi connectivity index (χ0) is 12.8. The number of nitrogens with two attached hydrogens (primary N) is 1. The molecular weight excluding hydrogens is 252 g/mol. The number of benzene rings is 1. The predicted octanol–water partition coefficient (Wildman–Crippen LogP) is 2.15. The summed E-state index contributed by atoms with van der Waals surface area (Å²) < 4.78 is 5.05. The summed E-state index contributed by atoms with van der Waals surface area (Å²) in [6.07, 6.45) is 0.834. The summed E-state index contributed by atoms with van der Waals surface area (Å²) in [4.78, 5) is 12.0. The normalized spacial score (nSPS) is 11.5. The Hall–Kier alpha value is -1.26. The first-order chi connectivity index (χ1) is 8.08. The minimum absolute atomic E-state index is 0. The molecule has 0 saturated carbocycles. The van der Waals surface area contributed by atoms with E-state index in [1.165, 1.54) is 0 Å². The van der Waals surface area contributed by atoms with Crippen molar-refractivity contribution < 1.29 is 9.53 Å². The fourth-order valence-electron chi connectivity index (χ4n) is 1.61. The number of hydrogen-bond acceptors (Lipinski definition) is 3. The number of carbonyl (C=O) groups excluding carboxylic acids is 1. The highest BCUT2D eigenvalue weighted by molar-refractivity contribution is 5.96. The molecule has 1 rings (SSSR count). The Morgan fingerprint density at radius 3 is 2.72 bits per heavy atom. The number of carbonyl (C=O) groups is 1. The number of anilines is 1. The van der Waals surface area contributed by atoms with Crippen LogP contribution in [0.5, 0.6) is 0 Å². The van der Waals surface area contributed by atoms with Crippen molar-refractivity contribution in [3.8, 4) is 0 Å². The molecule has 0 aromatic heterocycles. The van der Waals surface area contributed by atoms with Crippen LogP contribution in [0.3, 0.4) is 0 Å². The third kappa shape index (κ3) is 4.55. The number of halogens is 1. The fourth-order valence-corrected chi connectivity index (χ4v) is 1.61. The van der Waals surface area contributed by atoms with E-state index in [4.69, 9.17) is 10.5 Å². The van der Waals surface area contributed by atoms with Gasteiger partial charge in [0.05, 0.1) is 12.6 Å². The molecule has 0 aliphatic carbocycles. The molecule has 0 saturated heterocycles. The molecule has 0 aliphatic heterocycles. The molecule has 1 atom stereocenters. The lowest BCUT2D eigenvalue weighted by molar-refractivity contribution is 0.0894. The molecule has 1 unspecified atom stereocenters. The van der Waals surface area contributed by atoms with Gasteiger partial charge in [-0.3, -0.25) is 4.79 Å². The van der Waals surface area contributed by atoms with Crippen molar-refractivity contribution in [3.05, 3.63) is 29.3 Å². The lowest BCUT2D eigenvalue weighted by Crippen LogP contribution is -2.37. The summed E-state index contributed by atoms with van der Waals surface area (Å²) in [5.41, 5.74) is 7.83. The van der Waals surface area contributed by atoms with Gasteiger partial charge in [-0.05, 0) is 31.0 Å². The van der Waals surface area contributed by atoms with Crippen LogP contribution in [-0.4, -0.2) is 25.7 Å². The Morgan fingerprint density at radius 1 is 1.50 bits per heavy atom. The standard InChI is InChI=1S/C13H20N2O2.ClH/c1-4-11(8-17-3)15-13(16)12-7-10(14)6-5-9(12)2;/h5-7,11H,4,8,14H2,1-3H3,(H,15,16);1H. The van der Waals surface area contributed by atoms with Crippen LogP contribution in [0.25, 0.3) is 0 Å². The van der Waals surface area contributed by atoms with E-state index >= 15 is 0 Å².